The van der Waals surface area contributed by atoms with E-state index in [4.69, 9.17) is 31.2 Å². The van der Waals surface area contributed by atoms with Crippen LogP contribution in [0.2, 0.25) is 0 Å². The molecule has 0 radical (unpaired) electrons. The van der Waals surface area contributed by atoms with Crippen LogP contribution in [-0.4, -0.2) is 120 Å². The van der Waals surface area contributed by atoms with E-state index >= 15 is 0 Å². The lowest BCUT2D eigenvalue weighted by atomic mass is 10.1. The number of nitrogens with one attached hydrogen (secondary N) is 4. The van der Waals surface area contributed by atoms with Crippen LogP contribution in [0, 0.1) is 0 Å². The van der Waals surface area contributed by atoms with E-state index in [9.17, 15) is 38.4 Å². The fraction of sp³-hybridized carbons (Fsp3) is 0.750. The molecule has 0 heterocycles. The van der Waals surface area contributed by atoms with Crippen molar-refractivity contribution in [2.24, 2.45) is 11.5 Å². The number of carbonyl (C=O) groups is 8. The van der Waals surface area contributed by atoms with Crippen LogP contribution in [0.15, 0.2) is 0 Å². The summed E-state index contributed by atoms with van der Waals surface area (Å²) >= 11 is 7.99. The van der Waals surface area contributed by atoms with Gasteiger partial charge in [0.05, 0.1) is 13.2 Å². The predicted octanol–water partition coefficient (Wildman–Crippen LogP) is -0.334. The van der Waals surface area contributed by atoms with Gasteiger partial charge in [-0.3, -0.25) is 38.4 Å². The van der Waals surface area contributed by atoms with Crippen molar-refractivity contribution in [1.82, 2.24) is 21.3 Å². The molecule has 0 saturated heterocycles. The van der Waals surface area contributed by atoms with E-state index in [1.54, 1.807) is 0 Å². The van der Waals surface area contributed by atoms with Crippen molar-refractivity contribution in [2.45, 2.75) is 115 Å². The quantitative estimate of drug-likeness (QED) is 0.0276. The number of carboxylic acid groups (broad SMARTS) is 2. The first kappa shape index (κ1) is 50.5. The summed E-state index contributed by atoms with van der Waals surface area (Å²) < 4.78 is 9.98. The normalized spacial score (nSPS) is 12.7. The van der Waals surface area contributed by atoms with Crippen LogP contribution in [-0.2, 0) is 47.8 Å². The van der Waals surface area contributed by atoms with Gasteiger partial charge in [0.25, 0.3) is 0 Å². The first-order chi connectivity index (χ1) is 24.6. The number of aliphatic carboxylic acids is 2. The molecule has 0 spiro atoms. The van der Waals surface area contributed by atoms with Gasteiger partial charge in [-0.15, -0.1) is 0 Å². The smallest absolute Gasteiger partial charge is 0.325 e. The molecule has 4 amide bonds. The number of unbranched alkanes of at least 4 members (excludes halogenated alkanes) is 6. The lowest BCUT2D eigenvalue weighted by Gasteiger charge is -2.16. The number of thiol groups is 2. The molecule has 0 rings (SSSR count). The van der Waals surface area contributed by atoms with Crippen molar-refractivity contribution in [3.05, 3.63) is 0 Å². The lowest BCUT2D eigenvalue weighted by Crippen LogP contribution is -2.49. The summed E-state index contributed by atoms with van der Waals surface area (Å²) in [5.41, 5.74) is 10.6. The monoisotopic (exact) mass is 782 g/mol. The molecule has 0 aromatic rings. The summed E-state index contributed by atoms with van der Waals surface area (Å²) in [7, 11) is 0. The van der Waals surface area contributed by atoms with Crippen LogP contribution in [0.3, 0.4) is 0 Å². The van der Waals surface area contributed by atoms with Gasteiger partial charge in [0.15, 0.2) is 0 Å². The summed E-state index contributed by atoms with van der Waals surface area (Å²) in [6, 6.07) is -4.17. The summed E-state index contributed by atoms with van der Waals surface area (Å²) in [5.74, 6) is -5.63. The summed E-state index contributed by atoms with van der Waals surface area (Å²) in [4.78, 5) is 91.7. The first-order valence-electron chi connectivity index (χ1n) is 17.3. The van der Waals surface area contributed by atoms with Crippen molar-refractivity contribution in [3.63, 3.8) is 0 Å². The van der Waals surface area contributed by atoms with Gasteiger partial charge >= 0.3 is 23.9 Å². The Balaban J connectivity index is 0. The maximum absolute atomic E-state index is 12.0. The zero-order chi connectivity index (χ0) is 39.9. The highest BCUT2D eigenvalue weighted by atomic mass is 32.1. The van der Waals surface area contributed by atoms with Crippen LogP contribution in [0.25, 0.3) is 0 Å². The third-order valence-electron chi connectivity index (χ3n) is 7.00. The van der Waals surface area contributed by atoms with Crippen molar-refractivity contribution in [2.75, 3.05) is 37.8 Å². The zero-order valence-electron chi connectivity index (χ0n) is 30.1. The maximum atomic E-state index is 12.0. The SMILES string of the molecule is CCCCCCOC(=O)CNC(=O)C(CS)NC(=O)CCC(N)C(=O)O.CCCCCCOC(=O)CNC(=O)[C@H](CS)NC(=O)CC[C@H](N)C(=O)O. The Kier molecular flexibility index (Phi) is 31.1. The van der Waals surface area contributed by atoms with Gasteiger partial charge in [0.1, 0.15) is 37.3 Å². The molecule has 0 aromatic heterocycles. The van der Waals surface area contributed by atoms with E-state index in [1.165, 1.54) is 0 Å². The van der Waals surface area contributed by atoms with E-state index in [2.05, 4.69) is 60.4 Å². The van der Waals surface area contributed by atoms with Gasteiger partial charge in [-0.1, -0.05) is 52.4 Å². The van der Waals surface area contributed by atoms with Crippen molar-refractivity contribution in [3.8, 4) is 0 Å². The Bertz CT molecular complexity index is 1030. The Morgan fingerprint density at radius 2 is 0.942 bits per heavy atom. The molecule has 10 N–H and O–H groups in total. The van der Waals surface area contributed by atoms with Crippen molar-refractivity contribution >= 4 is 72.8 Å². The molecular weight excluding hydrogens is 725 g/mol. The number of esters is 2. The fourth-order valence-corrected chi connectivity index (χ4v) is 4.35. The molecule has 20 heteroatoms. The first-order valence-corrected chi connectivity index (χ1v) is 18.5. The molecule has 0 bridgehead atoms. The minimum Gasteiger partial charge on any atom is -0.480 e. The number of rotatable bonds is 28. The highest BCUT2D eigenvalue weighted by Gasteiger charge is 2.23. The van der Waals surface area contributed by atoms with Gasteiger partial charge in [-0.2, -0.15) is 25.3 Å². The summed E-state index contributed by atoms with van der Waals surface area (Å²) in [6.07, 6.45) is 7.48. The number of nitrogens with two attached hydrogens (primary N) is 2. The van der Waals surface area contributed by atoms with Gasteiger partial charge in [-0.25, -0.2) is 0 Å². The highest BCUT2D eigenvalue weighted by Crippen LogP contribution is 2.01. The highest BCUT2D eigenvalue weighted by molar-refractivity contribution is 7.80. The van der Waals surface area contributed by atoms with Crippen LogP contribution in [0.4, 0.5) is 0 Å². The number of ether oxygens (including phenoxy) is 2. The van der Waals surface area contributed by atoms with Crippen molar-refractivity contribution in [1.29, 1.82) is 0 Å². The number of amides is 4. The lowest BCUT2D eigenvalue weighted by molar-refractivity contribution is -0.144. The van der Waals surface area contributed by atoms with Crippen LogP contribution < -0.4 is 32.7 Å². The van der Waals surface area contributed by atoms with Crippen LogP contribution in [0.1, 0.15) is 90.9 Å². The Hall–Kier alpha value is -3.62. The van der Waals surface area contributed by atoms with E-state index in [-0.39, 0.29) is 50.3 Å². The molecule has 0 aliphatic rings. The third-order valence-corrected chi connectivity index (χ3v) is 7.73. The molecule has 0 aliphatic carbocycles. The Labute approximate surface area is 315 Å². The Morgan fingerprint density at radius 3 is 1.23 bits per heavy atom. The van der Waals surface area contributed by atoms with Gasteiger partial charge in [0, 0.05) is 24.3 Å². The topological polar surface area (TPSA) is 296 Å². The molecule has 0 aliphatic heterocycles. The molecule has 52 heavy (non-hydrogen) atoms. The minimum atomic E-state index is -1.20. The molecule has 0 saturated carbocycles. The van der Waals surface area contributed by atoms with Crippen LogP contribution in [0.5, 0.6) is 0 Å². The van der Waals surface area contributed by atoms with Crippen molar-refractivity contribution < 1.29 is 58.0 Å². The molecule has 18 nitrogen and oxygen atoms in total. The summed E-state index contributed by atoms with van der Waals surface area (Å²) in [5, 5.41) is 26.9. The van der Waals surface area contributed by atoms with E-state index < -0.39 is 71.7 Å². The van der Waals surface area contributed by atoms with E-state index in [0.29, 0.717) is 13.2 Å². The van der Waals surface area contributed by atoms with Crippen LogP contribution >= 0.6 is 25.3 Å². The van der Waals surface area contributed by atoms with Gasteiger partial charge < -0.3 is 52.4 Å². The Morgan fingerprint density at radius 1 is 0.596 bits per heavy atom. The van der Waals surface area contributed by atoms with Gasteiger partial charge in [-0.05, 0) is 25.7 Å². The number of carboxylic acids is 2. The maximum Gasteiger partial charge on any atom is 0.325 e. The molecular formula is C32H58N6O12S2. The van der Waals surface area contributed by atoms with E-state index in [0.717, 1.165) is 51.4 Å². The standard InChI is InChI=1S/2C16H29N3O6S/c2*1-2-3-4-5-8-25-14(21)9-18-15(22)12(10-26)19-13(20)7-6-11(17)16(23)24/h2*11-12,26H,2-10,17H2,1H3,(H,18,22)(H,19,20)(H,23,24)/t11-,12-;/m0./s1. The fourth-order valence-electron chi connectivity index (χ4n) is 3.84. The second kappa shape index (κ2) is 32.1. The van der Waals surface area contributed by atoms with Gasteiger partial charge in [0.2, 0.25) is 23.6 Å². The molecule has 300 valence electrons. The number of hydrogen-bond donors (Lipinski definition) is 10. The molecule has 4 atom stereocenters. The third kappa shape index (κ3) is 28.0. The minimum absolute atomic E-state index is 0.0224. The number of carbonyl (C=O) groups excluding carboxylic acids is 6. The number of hydrogen-bond acceptors (Lipinski definition) is 14. The largest absolute Gasteiger partial charge is 0.480 e. The molecule has 2 unspecified atom stereocenters. The zero-order valence-corrected chi connectivity index (χ0v) is 31.9. The van der Waals surface area contributed by atoms with E-state index in [1.807, 2.05) is 0 Å². The second-order valence-corrected chi connectivity index (χ2v) is 12.3. The summed E-state index contributed by atoms with van der Waals surface area (Å²) in [6.45, 7) is 4.20. The molecule has 0 fully saturated rings. The predicted molar refractivity (Wildman–Crippen MR) is 197 cm³/mol. The average Bonchev–Trinajstić information content (AvgIpc) is 3.11. The molecule has 0 aromatic carbocycles. The second-order valence-electron chi connectivity index (χ2n) is 11.6. The average molecular weight is 783 g/mol.